The molecule has 0 aliphatic carbocycles. The number of nitrogens with one attached hydrogen (secondary N) is 4. The maximum absolute atomic E-state index is 11.8. The Labute approximate surface area is 134 Å². The Morgan fingerprint density at radius 2 is 1.87 bits per heavy atom. The molecule has 1 heterocycles. The summed E-state index contributed by atoms with van der Waals surface area (Å²) >= 11 is 5.78. The van der Waals surface area contributed by atoms with E-state index in [1.165, 1.54) is 0 Å². The van der Waals surface area contributed by atoms with E-state index in [0.29, 0.717) is 0 Å². The number of halogens is 1. The van der Waals surface area contributed by atoms with Crippen LogP contribution in [0.1, 0.15) is 10.5 Å². The van der Waals surface area contributed by atoms with Crippen LogP contribution >= 0.6 is 11.6 Å². The number of nitrogen functional groups attached to an aromatic ring is 1. The number of carbonyl (C=O) groups is 2. The molecule has 0 saturated carbocycles. The zero-order valence-electron chi connectivity index (χ0n) is 11.8. The van der Waals surface area contributed by atoms with Gasteiger partial charge in [0, 0.05) is 7.05 Å². The van der Waals surface area contributed by atoms with Crippen LogP contribution in [-0.2, 0) is 14.4 Å². The first-order valence-electron chi connectivity index (χ1n) is 5.70. The third-order valence-corrected chi connectivity index (χ3v) is 2.28. The molecule has 1 aromatic heterocycles. The summed E-state index contributed by atoms with van der Waals surface area (Å²) in [5.41, 5.74) is 10.3. The third-order valence-electron chi connectivity index (χ3n) is 2.02. The number of guanidine groups is 1. The second-order valence-corrected chi connectivity index (χ2v) is 3.87. The van der Waals surface area contributed by atoms with Crippen LogP contribution in [0.2, 0.25) is 5.15 Å². The third kappa shape index (κ3) is 6.48. The Morgan fingerprint density at radius 1 is 1.30 bits per heavy atom. The fourth-order valence-electron chi connectivity index (χ4n) is 1.15. The predicted octanol–water partition coefficient (Wildman–Crippen LogP) is -2.09. The van der Waals surface area contributed by atoms with Crippen LogP contribution in [0.5, 0.6) is 0 Å². The molecule has 124 valence electrons. The molecule has 0 aliphatic rings. The number of rotatable bonds is 3. The smallest absolute Gasteiger partial charge is 0.373 e. The lowest BCUT2D eigenvalue weighted by molar-refractivity contribution is -0.191. The minimum Gasteiger partial charge on any atom is -0.382 e. The first-order valence-corrected chi connectivity index (χ1v) is 6.08. The summed E-state index contributed by atoms with van der Waals surface area (Å²) in [6.07, 6.45) is 0.250. The maximum atomic E-state index is 11.8. The van der Waals surface area contributed by atoms with Crippen molar-refractivity contribution in [1.29, 1.82) is 5.41 Å². The number of aromatic nitrogens is 2. The summed E-state index contributed by atoms with van der Waals surface area (Å²) in [4.78, 5) is 46.6. The molecule has 0 aliphatic heterocycles. The van der Waals surface area contributed by atoms with Crippen LogP contribution in [0.15, 0.2) is 0 Å². The van der Waals surface area contributed by atoms with Crippen molar-refractivity contribution in [3.8, 4) is 0 Å². The number of hydrogen-bond acceptors (Lipinski definition) is 10. The molecule has 23 heavy (non-hydrogen) atoms. The molecule has 0 unspecified atom stereocenters. The van der Waals surface area contributed by atoms with E-state index in [9.17, 15) is 9.59 Å². The van der Waals surface area contributed by atoms with Crippen molar-refractivity contribution in [3.05, 3.63) is 10.8 Å². The SMILES string of the molecule is CNc1nc(N)c(C(=O)NC(=N)NC(=O)CN)nc1Cl.O=C=O. The van der Waals surface area contributed by atoms with Crippen LogP contribution < -0.4 is 27.4 Å². The Kier molecular flexibility index (Phi) is 8.47. The van der Waals surface area contributed by atoms with Gasteiger partial charge in [0.25, 0.3) is 5.91 Å². The van der Waals surface area contributed by atoms with Gasteiger partial charge in [0.15, 0.2) is 22.5 Å². The Morgan fingerprint density at radius 3 is 2.35 bits per heavy atom. The van der Waals surface area contributed by atoms with Crippen molar-refractivity contribution in [2.24, 2.45) is 5.73 Å². The molecule has 0 spiro atoms. The minimum atomic E-state index is -0.832. The van der Waals surface area contributed by atoms with Gasteiger partial charge in [0.05, 0.1) is 6.54 Å². The van der Waals surface area contributed by atoms with E-state index in [-0.39, 0.29) is 35.2 Å². The summed E-state index contributed by atoms with van der Waals surface area (Å²) in [6.45, 7) is -0.317. The highest BCUT2D eigenvalue weighted by molar-refractivity contribution is 6.32. The van der Waals surface area contributed by atoms with E-state index in [4.69, 9.17) is 38.1 Å². The lowest BCUT2D eigenvalue weighted by Crippen LogP contribution is -2.45. The van der Waals surface area contributed by atoms with Gasteiger partial charge in [-0.2, -0.15) is 9.59 Å². The monoisotopic (exact) mass is 344 g/mol. The molecule has 0 atom stereocenters. The summed E-state index contributed by atoms with van der Waals surface area (Å²) < 4.78 is 0. The highest BCUT2D eigenvalue weighted by atomic mass is 35.5. The second kappa shape index (κ2) is 9.78. The molecule has 0 aromatic carbocycles. The molecular weight excluding hydrogens is 332 g/mol. The molecule has 0 radical (unpaired) electrons. The summed E-state index contributed by atoms with van der Waals surface area (Å²) in [5.74, 6) is -1.97. The van der Waals surface area contributed by atoms with E-state index in [1.54, 1.807) is 7.05 Å². The van der Waals surface area contributed by atoms with Crippen molar-refractivity contribution in [2.45, 2.75) is 0 Å². The molecule has 1 aromatic rings. The Bertz CT molecular complexity index is 644. The molecule has 8 N–H and O–H groups in total. The number of amides is 2. The van der Waals surface area contributed by atoms with Crippen LogP contribution in [0.3, 0.4) is 0 Å². The highest BCUT2D eigenvalue weighted by Crippen LogP contribution is 2.19. The molecule has 0 fully saturated rings. The summed E-state index contributed by atoms with van der Waals surface area (Å²) in [5, 5.41) is 14.0. The van der Waals surface area contributed by atoms with Gasteiger partial charge in [-0.3, -0.25) is 25.6 Å². The maximum Gasteiger partial charge on any atom is 0.373 e. The topological polar surface area (TPSA) is 206 Å². The van der Waals surface area contributed by atoms with Crippen LogP contribution in [0.25, 0.3) is 0 Å². The largest absolute Gasteiger partial charge is 0.382 e. The van der Waals surface area contributed by atoms with Crippen LogP contribution in [0, 0.1) is 5.41 Å². The van der Waals surface area contributed by atoms with Crippen molar-refractivity contribution < 1.29 is 19.2 Å². The van der Waals surface area contributed by atoms with E-state index in [2.05, 4.69) is 20.6 Å². The zero-order chi connectivity index (χ0) is 18.0. The zero-order valence-corrected chi connectivity index (χ0v) is 12.5. The van der Waals surface area contributed by atoms with E-state index in [0.717, 1.165) is 0 Å². The second-order valence-electron chi connectivity index (χ2n) is 3.51. The Balaban J connectivity index is 0.00000149. The quantitative estimate of drug-likeness (QED) is 0.262. The molecule has 12 nitrogen and oxygen atoms in total. The molecular formula is C10H13ClN8O4. The number of anilines is 2. The van der Waals surface area contributed by atoms with Gasteiger partial charge in [0.1, 0.15) is 0 Å². The first-order chi connectivity index (χ1) is 10.8. The Hall–Kier alpha value is -3.08. The number of nitrogens with zero attached hydrogens (tertiary/aromatic N) is 2. The normalized spacial score (nSPS) is 8.83. The molecule has 1 rings (SSSR count). The van der Waals surface area contributed by atoms with Gasteiger partial charge in [-0.15, -0.1) is 0 Å². The predicted molar refractivity (Wildman–Crippen MR) is 78.4 cm³/mol. The van der Waals surface area contributed by atoms with E-state index < -0.39 is 17.8 Å². The standard InChI is InChI=1S/C9H13ClN8O2.CO2/c1-14-7-5(10)16-4(6(12)17-7)8(20)18-9(13)15-3(19)2-11;2-1-3/h2,11H2,1H3,(H3,12,14,17)(H3,13,15,18,19,20);. The minimum absolute atomic E-state index is 0.0515. The molecule has 13 heteroatoms. The average Bonchev–Trinajstić information content (AvgIpc) is 2.49. The van der Waals surface area contributed by atoms with Gasteiger partial charge in [-0.25, -0.2) is 9.97 Å². The fraction of sp³-hybridized carbons (Fsp3) is 0.200. The number of carbonyl (C=O) groups excluding carboxylic acids is 4. The average molecular weight is 345 g/mol. The van der Waals surface area contributed by atoms with Gasteiger partial charge in [-0.1, -0.05) is 11.6 Å². The molecule has 0 saturated heterocycles. The van der Waals surface area contributed by atoms with Gasteiger partial charge in [-0.05, 0) is 0 Å². The number of hydrogen-bond donors (Lipinski definition) is 6. The van der Waals surface area contributed by atoms with Crippen LogP contribution in [-0.4, -0.2) is 47.5 Å². The van der Waals surface area contributed by atoms with Crippen molar-refractivity contribution in [1.82, 2.24) is 20.6 Å². The van der Waals surface area contributed by atoms with E-state index in [1.807, 2.05) is 5.32 Å². The van der Waals surface area contributed by atoms with Crippen molar-refractivity contribution >= 4 is 47.2 Å². The first kappa shape index (κ1) is 19.9. The lowest BCUT2D eigenvalue weighted by atomic mass is 10.4. The highest BCUT2D eigenvalue weighted by Gasteiger charge is 2.18. The summed E-state index contributed by atoms with van der Waals surface area (Å²) in [6, 6.07) is 0. The van der Waals surface area contributed by atoms with Crippen molar-refractivity contribution in [3.63, 3.8) is 0 Å². The van der Waals surface area contributed by atoms with Gasteiger partial charge in [0.2, 0.25) is 11.9 Å². The molecule has 0 bridgehead atoms. The summed E-state index contributed by atoms with van der Waals surface area (Å²) in [7, 11) is 1.56. The van der Waals surface area contributed by atoms with Gasteiger partial charge < -0.3 is 16.8 Å². The van der Waals surface area contributed by atoms with Gasteiger partial charge >= 0.3 is 6.15 Å². The lowest BCUT2D eigenvalue weighted by Gasteiger charge is -2.10. The van der Waals surface area contributed by atoms with E-state index >= 15 is 0 Å². The number of nitrogens with two attached hydrogens (primary N) is 2. The van der Waals surface area contributed by atoms with Crippen LogP contribution in [0.4, 0.5) is 11.6 Å². The van der Waals surface area contributed by atoms with Crippen molar-refractivity contribution in [2.75, 3.05) is 24.6 Å². The molecule has 2 amide bonds. The fourth-order valence-corrected chi connectivity index (χ4v) is 1.37.